The molecule has 1 aromatic rings. The molecular formula is C14H20ClN3O3. The highest BCUT2D eigenvalue weighted by molar-refractivity contribution is 5.85. The summed E-state index contributed by atoms with van der Waals surface area (Å²) in [7, 11) is 0. The lowest BCUT2D eigenvalue weighted by Gasteiger charge is -2.06. The van der Waals surface area contributed by atoms with Crippen LogP contribution in [0, 0.1) is 16.0 Å². The Bertz CT molecular complexity index is 475. The lowest BCUT2D eigenvalue weighted by Crippen LogP contribution is -2.35. The van der Waals surface area contributed by atoms with Crippen LogP contribution in [0.15, 0.2) is 24.3 Å². The summed E-state index contributed by atoms with van der Waals surface area (Å²) in [5, 5.41) is 16.5. The number of nitro groups is 1. The van der Waals surface area contributed by atoms with E-state index in [1.165, 1.54) is 25.0 Å². The van der Waals surface area contributed by atoms with E-state index in [1.54, 1.807) is 12.1 Å². The van der Waals surface area contributed by atoms with Crippen LogP contribution in [0.5, 0.6) is 0 Å². The molecule has 1 aliphatic carbocycles. The van der Waals surface area contributed by atoms with Gasteiger partial charge in [0.05, 0.1) is 11.5 Å². The SMILES string of the molecule is Cl.O=C(CNCC1CC1)NCCc1ccc([N+](=O)[O-])cc1. The molecule has 0 radical (unpaired) electrons. The van der Waals surface area contributed by atoms with Crippen LogP contribution in [0.3, 0.4) is 0 Å². The number of nitrogens with zero attached hydrogens (tertiary/aromatic N) is 1. The predicted molar refractivity (Wildman–Crippen MR) is 82.7 cm³/mol. The fourth-order valence-corrected chi connectivity index (χ4v) is 1.90. The Morgan fingerprint density at radius 1 is 1.29 bits per heavy atom. The lowest BCUT2D eigenvalue weighted by molar-refractivity contribution is -0.384. The summed E-state index contributed by atoms with van der Waals surface area (Å²) in [5.41, 5.74) is 1.06. The van der Waals surface area contributed by atoms with Gasteiger partial charge in [-0.05, 0) is 37.3 Å². The molecule has 0 spiro atoms. The van der Waals surface area contributed by atoms with E-state index in [1.807, 2.05) is 0 Å². The topological polar surface area (TPSA) is 84.3 Å². The van der Waals surface area contributed by atoms with E-state index in [-0.39, 0.29) is 24.0 Å². The third-order valence-electron chi connectivity index (χ3n) is 3.30. The summed E-state index contributed by atoms with van der Waals surface area (Å²) in [4.78, 5) is 21.6. The molecule has 1 aromatic carbocycles. The Morgan fingerprint density at radius 3 is 2.52 bits per heavy atom. The monoisotopic (exact) mass is 313 g/mol. The first-order chi connectivity index (χ1) is 9.65. The molecule has 1 aliphatic rings. The molecule has 1 amide bonds. The van der Waals surface area contributed by atoms with Crippen molar-refractivity contribution in [3.63, 3.8) is 0 Å². The van der Waals surface area contributed by atoms with Crippen LogP contribution in [-0.2, 0) is 11.2 Å². The fourth-order valence-electron chi connectivity index (χ4n) is 1.90. The number of hydrogen-bond donors (Lipinski definition) is 2. The van der Waals surface area contributed by atoms with Gasteiger partial charge in [-0.15, -0.1) is 12.4 Å². The summed E-state index contributed by atoms with van der Waals surface area (Å²) in [6.45, 7) is 1.83. The second-order valence-corrected chi connectivity index (χ2v) is 5.10. The Morgan fingerprint density at radius 2 is 1.95 bits per heavy atom. The molecule has 0 heterocycles. The smallest absolute Gasteiger partial charge is 0.269 e. The summed E-state index contributed by atoms with van der Waals surface area (Å²) >= 11 is 0. The standard InChI is InChI=1S/C14H19N3O3.ClH/c18-14(10-15-9-12-1-2-12)16-8-7-11-3-5-13(6-4-11)17(19)20;/h3-6,12,15H,1-2,7-10H2,(H,16,18);1H. The van der Waals surface area contributed by atoms with Gasteiger partial charge in [0.25, 0.3) is 5.69 Å². The van der Waals surface area contributed by atoms with Crippen molar-refractivity contribution < 1.29 is 9.72 Å². The van der Waals surface area contributed by atoms with E-state index >= 15 is 0 Å². The molecule has 0 aliphatic heterocycles. The zero-order valence-corrected chi connectivity index (χ0v) is 12.5. The molecule has 7 heteroatoms. The third kappa shape index (κ3) is 6.55. The molecule has 0 atom stereocenters. The second kappa shape index (κ2) is 8.59. The largest absolute Gasteiger partial charge is 0.355 e. The summed E-state index contributed by atoms with van der Waals surface area (Å²) in [6.07, 6.45) is 3.22. The molecule has 2 rings (SSSR count). The van der Waals surface area contributed by atoms with Crippen molar-refractivity contribution in [1.82, 2.24) is 10.6 Å². The van der Waals surface area contributed by atoms with Crippen molar-refractivity contribution >= 4 is 24.0 Å². The van der Waals surface area contributed by atoms with Crippen LogP contribution in [0.25, 0.3) is 0 Å². The first-order valence-corrected chi connectivity index (χ1v) is 6.86. The fraction of sp³-hybridized carbons (Fsp3) is 0.500. The van der Waals surface area contributed by atoms with E-state index in [0.29, 0.717) is 19.5 Å². The highest BCUT2D eigenvalue weighted by Crippen LogP contribution is 2.27. The van der Waals surface area contributed by atoms with Crippen molar-refractivity contribution in [2.45, 2.75) is 19.3 Å². The maximum Gasteiger partial charge on any atom is 0.269 e. The van der Waals surface area contributed by atoms with Crippen molar-refractivity contribution in [2.75, 3.05) is 19.6 Å². The molecule has 0 bridgehead atoms. The second-order valence-electron chi connectivity index (χ2n) is 5.10. The van der Waals surface area contributed by atoms with Gasteiger partial charge < -0.3 is 10.6 Å². The Balaban J connectivity index is 0.00000220. The molecule has 2 N–H and O–H groups in total. The van der Waals surface area contributed by atoms with Crippen LogP contribution in [0.4, 0.5) is 5.69 Å². The normalized spacial score (nSPS) is 13.3. The van der Waals surface area contributed by atoms with Gasteiger partial charge in [-0.3, -0.25) is 14.9 Å². The van der Waals surface area contributed by atoms with E-state index in [4.69, 9.17) is 0 Å². The van der Waals surface area contributed by atoms with Gasteiger partial charge in [0, 0.05) is 18.7 Å². The summed E-state index contributed by atoms with van der Waals surface area (Å²) < 4.78 is 0. The van der Waals surface area contributed by atoms with Gasteiger partial charge in [-0.1, -0.05) is 12.1 Å². The molecule has 1 fully saturated rings. The predicted octanol–water partition coefficient (Wildman–Crippen LogP) is 1.67. The van der Waals surface area contributed by atoms with Crippen molar-refractivity contribution in [1.29, 1.82) is 0 Å². The molecular weight excluding hydrogens is 294 g/mol. The van der Waals surface area contributed by atoms with E-state index in [0.717, 1.165) is 18.0 Å². The molecule has 6 nitrogen and oxygen atoms in total. The Kier molecular flexibility index (Phi) is 7.11. The van der Waals surface area contributed by atoms with Gasteiger partial charge in [0.2, 0.25) is 5.91 Å². The number of carbonyl (C=O) groups excluding carboxylic acids is 1. The van der Waals surface area contributed by atoms with Crippen molar-refractivity contribution in [3.05, 3.63) is 39.9 Å². The first kappa shape index (κ1) is 17.4. The van der Waals surface area contributed by atoms with E-state index < -0.39 is 4.92 Å². The molecule has 1 saturated carbocycles. The van der Waals surface area contributed by atoms with Crippen LogP contribution >= 0.6 is 12.4 Å². The van der Waals surface area contributed by atoms with Crippen LogP contribution in [0.2, 0.25) is 0 Å². The first-order valence-electron chi connectivity index (χ1n) is 6.86. The number of benzene rings is 1. The van der Waals surface area contributed by atoms with Crippen LogP contribution < -0.4 is 10.6 Å². The summed E-state index contributed by atoms with van der Waals surface area (Å²) in [5.74, 6) is 0.760. The van der Waals surface area contributed by atoms with Crippen molar-refractivity contribution in [2.24, 2.45) is 5.92 Å². The maximum atomic E-state index is 11.5. The zero-order chi connectivity index (χ0) is 14.4. The molecule has 0 saturated heterocycles. The number of amides is 1. The highest BCUT2D eigenvalue weighted by atomic mass is 35.5. The van der Waals surface area contributed by atoms with E-state index in [2.05, 4.69) is 10.6 Å². The zero-order valence-electron chi connectivity index (χ0n) is 11.7. The Labute approximate surface area is 129 Å². The number of nitro benzene ring substituents is 1. The molecule has 0 aromatic heterocycles. The van der Waals surface area contributed by atoms with Crippen molar-refractivity contribution in [3.8, 4) is 0 Å². The lowest BCUT2D eigenvalue weighted by atomic mass is 10.1. The minimum absolute atomic E-state index is 0. The van der Waals surface area contributed by atoms with Gasteiger partial charge >= 0.3 is 0 Å². The molecule has 0 unspecified atom stereocenters. The minimum Gasteiger partial charge on any atom is -0.355 e. The average molecular weight is 314 g/mol. The highest BCUT2D eigenvalue weighted by Gasteiger charge is 2.20. The maximum absolute atomic E-state index is 11.5. The number of non-ortho nitro benzene ring substituents is 1. The molecule has 116 valence electrons. The number of rotatable bonds is 8. The molecule has 21 heavy (non-hydrogen) atoms. The van der Waals surface area contributed by atoms with Crippen LogP contribution in [0.1, 0.15) is 18.4 Å². The Hall–Kier alpha value is -1.66. The number of nitrogens with one attached hydrogen (secondary N) is 2. The van der Waals surface area contributed by atoms with Crippen LogP contribution in [-0.4, -0.2) is 30.5 Å². The minimum atomic E-state index is -0.420. The number of hydrogen-bond acceptors (Lipinski definition) is 4. The van der Waals surface area contributed by atoms with Gasteiger partial charge in [-0.25, -0.2) is 0 Å². The third-order valence-corrected chi connectivity index (χ3v) is 3.30. The summed E-state index contributed by atoms with van der Waals surface area (Å²) in [6, 6.07) is 6.40. The van der Waals surface area contributed by atoms with Gasteiger partial charge in [0.15, 0.2) is 0 Å². The average Bonchev–Trinajstić information content (AvgIpc) is 3.23. The quantitative estimate of drug-likeness (QED) is 0.565. The number of carbonyl (C=O) groups is 1. The number of halogens is 1. The van der Waals surface area contributed by atoms with Gasteiger partial charge in [-0.2, -0.15) is 0 Å². The van der Waals surface area contributed by atoms with E-state index in [9.17, 15) is 14.9 Å². The van der Waals surface area contributed by atoms with Gasteiger partial charge in [0.1, 0.15) is 0 Å².